The SMILES string of the molecule is CCCCc1ccc(-c2nn3c(C4CCCC4)nc(CC)c3c(=O)[nH]2)cc1. The molecule has 0 spiro atoms. The Morgan fingerprint density at radius 3 is 2.56 bits per heavy atom. The highest BCUT2D eigenvalue weighted by Gasteiger charge is 2.25. The molecule has 0 amide bonds. The molecule has 0 saturated heterocycles. The summed E-state index contributed by atoms with van der Waals surface area (Å²) in [4.78, 5) is 20.6. The topological polar surface area (TPSA) is 63.1 Å². The average molecular weight is 364 g/mol. The Morgan fingerprint density at radius 1 is 1.15 bits per heavy atom. The number of aromatic nitrogens is 4. The third-order valence-corrected chi connectivity index (χ3v) is 5.70. The summed E-state index contributed by atoms with van der Waals surface area (Å²) in [6.07, 6.45) is 8.96. The Morgan fingerprint density at radius 2 is 1.89 bits per heavy atom. The quantitative estimate of drug-likeness (QED) is 0.692. The van der Waals surface area contributed by atoms with Crippen molar-refractivity contribution in [2.45, 2.75) is 71.1 Å². The lowest BCUT2D eigenvalue weighted by atomic mass is 10.1. The van der Waals surface area contributed by atoms with Gasteiger partial charge in [0.15, 0.2) is 11.3 Å². The number of imidazole rings is 1. The molecule has 5 heteroatoms. The summed E-state index contributed by atoms with van der Waals surface area (Å²) in [7, 11) is 0. The van der Waals surface area contributed by atoms with Crippen molar-refractivity contribution in [3.8, 4) is 11.4 Å². The predicted molar refractivity (Wildman–Crippen MR) is 108 cm³/mol. The molecule has 0 bridgehead atoms. The van der Waals surface area contributed by atoms with E-state index in [2.05, 4.69) is 36.2 Å². The molecule has 1 saturated carbocycles. The number of unbranched alkanes of at least 4 members (excludes halogenated alkanes) is 1. The first-order chi connectivity index (χ1) is 13.2. The van der Waals surface area contributed by atoms with Crippen molar-refractivity contribution in [3.63, 3.8) is 0 Å². The van der Waals surface area contributed by atoms with E-state index in [0.29, 0.717) is 17.3 Å². The van der Waals surface area contributed by atoms with Crippen molar-refractivity contribution in [3.05, 3.63) is 51.7 Å². The fourth-order valence-corrected chi connectivity index (χ4v) is 4.13. The Hall–Kier alpha value is -2.43. The number of aryl methyl sites for hydroxylation is 2. The minimum Gasteiger partial charge on any atom is -0.303 e. The maximum Gasteiger partial charge on any atom is 0.277 e. The maximum atomic E-state index is 12.8. The number of aromatic amines is 1. The van der Waals surface area contributed by atoms with Gasteiger partial charge in [0.05, 0.1) is 5.69 Å². The van der Waals surface area contributed by atoms with Crippen molar-refractivity contribution in [2.24, 2.45) is 0 Å². The summed E-state index contributed by atoms with van der Waals surface area (Å²) < 4.78 is 1.83. The minimum absolute atomic E-state index is 0.0938. The van der Waals surface area contributed by atoms with E-state index in [1.807, 2.05) is 11.4 Å². The summed E-state index contributed by atoms with van der Waals surface area (Å²) >= 11 is 0. The van der Waals surface area contributed by atoms with Gasteiger partial charge in [0, 0.05) is 11.5 Å². The third kappa shape index (κ3) is 3.43. The van der Waals surface area contributed by atoms with Crippen LogP contribution in [0.1, 0.15) is 75.4 Å². The van der Waals surface area contributed by atoms with Crippen molar-refractivity contribution in [2.75, 3.05) is 0 Å². The summed E-state index contributed by atoms with van der Waals surface area (Å²) in [5.41, 5.74) is 3.64. The average Bonchev–Trinajstić information content (AvgIpc) is 3.34. The predicted octanol–water partition coefficient (Wildman–Crippen LogP) is 4.65. The highest BCUT2D eigenvalue weighted by molar-refractivity contribution is 5.58. The lowest BCUT2D eigenvalue weighted by molar-refractivity contribution is 0.639. The van der Waals surface area contributed by atoms with Crippen LogP contribution in [0.5, 0.6) is 0 Å². The molecule has 1 aromatic carbocycles. The molecule has 142 valence electrons. The monoisotopic (exact) mass is 364 g/mol. The van der Waals surface area contributed by atoms with Crippen LogP contribution in [-0.4, -0.2) is 19.6 Å². The second-order valence-electron chi connectivity index (χ2n) is 7.62. The van der Waals surface area contributed by atoms with Crippen LogP contribution < -0.4 is 5.56 Å². The molecule has 1 aliphatic carbocycles. The molecule has 3 aromatic rings. The van der Waals surface area contributed by atoms with E-state index in [9.17, 15) is 4.79 Å². The van der Waals surface area contributed by atoms with Gasteiger partial charge in [0.2, 0.25) is 0 Å². The van der Waals surface area contributed by atoms with Gasteiger partial charge in [0.25, 0.3) is 5.56 Å². The van der Waals surface area contributed by atoms with Gasteiger partial charge in [-0.25, -0.2) is 9.50 Å². The second-order valence-corrected chi connectivity index (χ2v) is 7.62. The minimum atomic E-state index is -0.0938. The molecule has 5 nitrogen and oxygen atoms in total. The van der Waals surface area contributed by atoms with Crippen molar-refractivity contribution in [1.82, 2.24) is 19.6 Å². The van der Waals surface area contributed by atoms with Gasteiger partial charge in [-0.05, 0) is 37.7 Å². The number of H-pyrrole nitrogens is 1. The fourth-order valence-electron chi connectivity index (χ4n) is 4.13. The Labute approximate surface area is 159 Å². The van der Waals surface area contributed by atoms with E-state index in [4.69, 9.17) is 10.1 Å². The summed E-state index contributed by atoms with van der Waals surface area (Å²) in [5.74, 6) is 2.00. The molecule has 4 rings (SSSR count). The lowest BCUT2D eigenvalue weighted by Gasteiger charge is -2.08. The van der Waals surface area contributed by atoms with E-state index in [1.165, 1.54) is 31.2 Å². The van der Waals surface area contributed by atoms with Gasteiger partial charge in [-0.2, -0.15) is 0 Å². The third-order valence-electron chi connectivity index (χ3n) is 5.70. The summed E-state index contributed by atoms with van der Waals surface area (Å²) in [6.45, 7) is 4.25. The molecule has 0 atom stereocenters. The number of fused-ring (bicyclic) bond motifs is 1. The first-order valence-corrected chi connectivity index (χ1v) is 10.3. The van der Waals surface area contributed by atoms with Crippen LogP contribution in [0.25, 0.3) is 16.9 Å². The van der Waals surface area contributed by atoms with Crippen LogP contribution in [0.3, 0.4) is 0 Å². The van der Waals surface area contributed by atoms with E-state index in [-0.39, 0.29) is 5.56 Å². The molecule has 0 aliphatic heterocycles. The zero-order valence-corrected chi connectivity index (χ0v) is 16.3. The van der Waals surface area contributed by atoms with Gasteiger partial charge in [-0.15, -0.1) is 5.10 Å². The molecule has 1 fully saturated rings. The first-order valence-electron chi connectivity index (χ1n) is 10.3. The zero-order chi connectivity index (χ0) is 18.8. The van der Waals surface area contributed by atoms with E-state index < -0.39 is 0 Å². The number of hydrogen-bond acceptors (Lipinski definition) is 3. The lowest BCUT2D eigenvalue weighted by Crippen LogP contribution is -2.16. The van der Waals surface area contributed by atoms with E-state index in [0.717, 1.165) is 42.8 Å². The van der Waals surface area contributed by atoms with Crippen molar-refractivity contribution in [1.29, 1.82) is 0 Å². The van der Waals surface area contributed by atoms with Gasteiger partial charge >= 0.3 is 0 Å². The van der Waals surface area contributed by atoms with Crippen LogP contribution in [0.2, 0.25) is 0 Å². The number of nitrogens with one attached hydrogen (secondary N) is 1. The highest BCUT2D eigenvalue weighted by Crippen LogP contribution is 2.34. The van der Waals surface area contributed by atoms with E-state index in [1.54, 1.807) is 0 Å². The zero-order valence-electron chi connectivity index (χ0n) is 16.3. The Balaban J connectivity index is 1.78. The fraction of sp³-hybridized carbons (Fsp3) is 0.500. The molecule has 0 radical (unpaired) electrons. The number of rotatable bonds is 6. The summed E-state index contributed by atoms with van der Waals surface area (Å²) in [5, 5.41) is 4.81. The van der Waals surface area contributed by atoms with Crippen LogP contribution in [0.15, 0.2) is 29.1 Å². The Kier molecular flexibility index (Phi) is 5.10. The van der Waals surface area contributed by atoms with Crippen molar-refractivity contribution < 1.29 is 0 Å². The molecule has 2 heterocycles. The largest absolute Gasteiger partial charge is 0.303 e. The van der Waals surface area contributed by atoms with E-state index >= 15 is 0 Å². The number of benzene rings is 1. The molecule has 1 N–H and O–H groups in total. The van der Waals surface area contributed by atoms with Crippen LogP contribution in [0.4, 0.5) is 0 Å². The molecule has 27 heavy (non-hydrogen) atoms. The molecular weight excluding hydrogens is 336 g/mol. The number of hydrogen-bond donors (Lipinski definition) is 1. The number of nitrogens with zero attached hydrogens (tertiary/aromatic N) is 3. The molecular formula is C22H28N4O. The summed E-state index contributed by atoms with van der Waals surface area (Å²) in [6, 6.07) is 8.39. The van der Waals surface area contributed by atoms with Crippen molar-refractivity contribution >= 4 is 5.52 Å². The molecule has 0 unspecified atom stereocenters. The van der Waals surface area contributed by atoms with Crippen LogP contribution in [-0.2, 0) is 12.8 Å². The normalized spacial score (nSPS) is 15.0. The van der Waals surface area contributed by atoms with Crippen LogP contribution in [0, 0.1) is 0 Å². The van der Waals surface area contributed by atoms with Gasteiger partial charge in [-0.3, -0.25) is 4.79 Å². The first kappa shape index (κ1) is 18.0. The second kappa shape index (κ2) is 7.67. The smallest absolute Gasteiger partial charge is 0.277 e. The van der Waals surface area contributed by atoms with Gasteiger partial charge in [0.1, 0.15) is 5.82 Å². The molecule has 1 aliphatic rings. The highest BCUT2D eigenvalue weighted by atomic mass is 16.1. The standard InChI is InChI=1S/C22H28N4O/c1-3-5-8-15-11-13-16(14-12-15)20-24-22(27)19-18(4-2)23-21(26(19)25-20)17-9-6-7-10-17/h11-14,17H,3-10H2,1-2H3,(H,24,25,27). The van der Waals surface area contributed by atoms with Gasteiger partial charge < -0.3 is 4.98 Å². The Bertz CT molecular complexity index is 978. The maximum absolute atomic E-state index is 12.8. The van der Waals surface area contributed by atoms with Crippen LogP contribution >= 0.6 is 0 Å². The molecule has 2 aromatic heterocycles. The van der Waals surface area contributed by atoms with Gasteiger partial charge in [-0.1, -0.05) is 57.4 Å².